The standard InChI is InChI=1S/C16H18FNO/c1-11-8-9-13(16(19)10-11)12(2)18(3)15-7-5-4-6-14(15)17/h4-10,12,19H,1-3H3. The Morgan fingerprint density at radius 3 is 2.47 bits per heavy atom. The summed E-state index contributed by atoms with van der Waals surface area (Å²) in [4.78, 5) is 1.82. The predicted octanol–water partition coefficient (Wildman–Crippen LogP) is 4.04. The summed E-state index contributed by atoms with van der Waals surface area (Å²) in [5, 5.41) is 10.0. The summed E-state index contributed by atoms with van der Waals surface area (Å²) in [7, 11) is 1.82. The fraction of sp³-hybridized carbons (Fsp3) is 0.250. The number of rotatable bonds is 3. The zero-order valence-corrected chi connectivity index (χ0v) is 11.4. The number of phenolic OH excluding ortho intramolecular Hbond substituents is 1. The molecule has 19 heavy (non-hydrogen) atoms. The normalized spacial score (nSPS) is 12.2. The molecule has 0 aliphatic rings. The van der Waals surface area contributed by atoms with Gasteiger partial charge in [0.25, 0.3) is 0 Å². The molecule has 0 aromatic heterocycles. The van der Waals surface area contributed by atoms with Crippen LogP contribution in [0.4, 0.5) is 10.1 Å². The van der Waals surface area contributed by atoms with Crippen LogP contribution in [0.3, 0.4) is 0 Å². The Hall–Kier alpha value is -2.03. The molecule has 3 heteroatoms. The van der Waals surface area contributed by atoms with Gasteiger partial charge in [-0.05, 0) is 37.6 Å². The van der Waals surface area contributed by atoms with Gasteiger partial charge in [-0.2, -0.15) is 0 Å². The van der Waals surface area contributed by atoms with Gasteiger partial charge in [-0.1, -0.05) is 24.3 Å². The van der Waals surface area contributed by atoms with Gasteiger partial charge in [0.15, 0.2) is 0 Å². The van der Waals surface area contributed by atoms with Crippen molar-refractivity contribution in [2.45, 2.75) is 19.9 Å². The first-order chi connectivity index (χ1) is 9.00. The van der Waals surface area contributed by atoms with E-state index < -0.39 is 0 Å². The molecule has 2 nitrogen and oxygen atoms in total. The molecule has 0 heterocycles. The highest BCUT2D eigenvalue weighted by Gasteiger charge is 2.17. The fourth-order valence-corrected chi connectivity index (χ4v) is 2.16. The number of aryl methyl sites for hydroxylation is 1. The maximum atomic E-state index is 13.8. The number of hydrogen-bond acceptors (Lipinski definition) is 2. The molecular weight excluding hydrogens is 241 g/mol. The number of halogens is 1. The first-order valence-electron chi connectivity index (χ1n) is 6.27. The lowest BCUT2D eigenvalue weighted by Gasteiger charge is -2.28. The van der Waals surface area contributed by atoms with Crippen molar-refractivity contribution in [2.24, 2.45) is 0 Å². The molecule has 1 atom stereocenters. The molecule has 0 bridgehead atoms. The van der Waals surface area contributed by atoms with Crippen molar-refractivity contribution in [1.29, 1.82) is 0 Å². The molecule has 100 valence electrons. The molecule has 2 rings (SSSR count). The topological polar surface area (TPSA) is 23.5 Å². The second-order valence-corrected chi connectivity index (χ2v) is 4.80. The maximum Gasteiger partial charge on any atom is 0.146 e. The molecule has 0 spiro atoms. The Labute approximate surface area is 113 Å². The molecule has 0 fully saturated rings. The lowest BCUT2D eigenvalue weighted by atomic mass is 10.0. The molecular formula is C16H18FNO. The number of phenols is 1. The van der Waals surface area contributed by atoms with Crippen LogP contribution in [0.25, 0.3) is 0 Å². The van der Waals surface area contributed by atoms with Crippen LogP contribution in [-0.4, -0.2) is 12.2 Å². The van der Waals surface area contributed by atoms with Gasteiger partial charge in [-0.15, -0.1) is 0 Å². The van der Waals surface area contributed by atoms with Crippen molar-refractivity contribution in [3.05, 3.63) is 59.4 Å². The monoisotopic (exact) mass is 259 g/mol. The van der Waals surface area contributed by atoms with Gasteiger partial charge < -0.3 is 10.0 Å². The van der Waals surface area contributed by atoms with Crippen LogP contribution in [0.1, 0.15) is 24.1 Å². The van der Waals surface area contributed by atoms with Crippen LogP contribution in [0, 0.1) is 12.7 Å². The van der Waals surface area contributed by atoms with E-state index >= 15 is 0 Å². The number of aromatic hydroxyl groups is 1. The van der Waals surface area contributed by atoms with E-state index in [-0.39, 0.29) is 17.6 Å². The molecule has 0 radical (unpaired) electrons. The zero-order chi connectivity index (χ0) is 14.0. The Morgan fingerprint density at radius 1 is 1.16 bits per heavy atom. The number of hydrogen-bond donors (Lipinski definition) is 1. The highest BCUT2D eigenvalue weighted by atomic mass is 19.1. The van der Waals surface area contributed by atoms with Crippen LogP contribution in [0.2, 0.25) is 0 Å². The fourth-order valence-electron chi connectivity index (χ4n) is 2.16. The number of anilines is 1. The number of benzene rings is 2. The summed E-state index contributed by atoms with van der Waals surface area (Å²) in [5.74, 6) is -0.0147. The minimum absolute atomic E-state index is 0.113. The minimum atomic E-state index is -0.261. The summed E-state index contributed by atoms with van der Waals surface area (Å²) in [6, 6.07) is 12.1. The summed E-state index contributed by atoms with van der Waals surface area (Å²) in [5.41, 5.74) is 2.31. The summed E-state index contributed by atoms with van der Waals surface area (Å²) < 4.78 is 13.8. The van der Waals surface area contributed by atoms with Crippen LogP contribution in [-0.2, 0) is 0 Å². The average molecular weight is 259 g/mol. The van der Waals surface area contributed by atoms with Crippen molar-refractivity contribution in [2.75, 3.05) is 11.9 Å². The van der Waals surface area contributed by atoms with E-state index in [1.807, 2.05) is 37.9 Å². The Bertz CT molecular complexity index is 583. The number of para-hydroxylation sites is 1. The van der Waals surface area contributed by atoms with Crippen molar-refractivity contribution >= 4 is 5.69 Å². The minimum Gasteiger partial charge on any atom is -0.508 e. The van der Waals surface area contributed by atoms with Crippen LogP contribution in [0.5, 0.6) is 5.75 Å². The second-order valence-electron chi connectivity index (χ2n) is 4.80. The van der Waals surface area contributed by atoms with E-state index in [0.717, 1.165) is 11.1 Å². The molecule has 1 N–H and O–H groups in total. The van der Waals surface area contributed by atoms with Crippen molar-refractivity contribution < 1.29 is 9.50 Å². The Balaban J connectivity index is 2.33. The molecule has 2 aromatic carbocycles. The third-order valence-corrected chi connectivity index (χ3v) is 3.45. The molecule has 0 saturated heterocycles. The summed E-state index contributed by atoms with van der Waals surface area (Å²) in [6.45, 7) is 3.87. The zero-order valence-electron chi connectivity index (χ0n) is 11.4. The first kappa shape index (κ1) is 13.4. The summed E-state index contributed by atoms with van der Waals surface area (Å²) >= 11 is 0. The van der Waals surface area contributed by atoms with Gasteiger partial charge in [-0.25, -0.2) is 4.39 Å². The Morgan fingerprint density at radius 2 is 1.84 bits per heavy atom. The van der Waals surface area contributed by atoms with E-state index in [9.17, 15) is 9.50 Å². The van der Waals surface area contributed by atoms with E-state index in [4.69, 9.17) is 0 Å². The highest BCUT2D eigenvalue weighted by Crippen LogP contribution is 2.32. The van der Waals surface area contributed by atoms with Crippen molar-refractivity contribution in [3.63, 3.8) is 0 Å². The smallest absolute Gasteiger partial charge is 0.146 e. The Kier molecular flexibility index (Phi) is 3.74. The van der Waals surface area contributed by atoms with E-state index in [0.29, 0.717) is 5.69 Å². The molecule has 0 aliphatic carbocycles. The van der Waals surface area contributed by atoms with E-state index in [1.54, 1.807) is 24.3 Å². The van der Waals surface area contributed by atoms with Gasteiger partial charge in [0.2, 0.25) is 0 Å². The van der Waals surface area contributed by atoms with Gasteiger partial charge in [0, 0.05) is 12.6 Å². The first-order valence-corrected chi connectivity index (χ1v) is 6.27. The SMILES string of the molecule is Cc1ccc(C(C)N(C)c2ccccc2F)c(O)c1. The third-order valence-electron chi connectivity index (χ3n) is 3.45. The predicted molar refractivity (Wildman–Crippen MR) is 76.1 cm³/mol. The number of nitrogens with zero attached hydrogens (tertiary/aromatic N) is 1. The van der Waals surface area contributed by atoms with Crippen LogP contribution < -0.4 is 4.90 Å². The second kappa shape index (κ2) is 5.31. The lowest BCUT2D eigenvalue weighted by molar-refractivity contribution is 0.461. The van der Waals surface area contributed by atoms with Gasteiger partial charge in [-0.3, -0.25) is 0 Å². The van der Waals surface area contributed by atoms with Gasteiger partial charge in [0.1, 0.15) is 11.6 Å². The average Bonchev–Trinajstić information content (AvgIpc) is 2.38. The van der Waals surface area contributed by atoms with E-state index in [1.165, 1.54) is 6.07 Å². The lowest BCUT2D eigenvalue weighted by Crippen LogP contribution is -2.22. The van der Waals surface area contributed by atoms with Gasteiger partial charge in [0.05, 0.1) is 11.7 Å². The molecule has 0 amide bonds. The molecule has 2 aromatic rings. The van der Waals surface area contributed by atoms with E-state index in [2.05, 4.69) is 0 Å². The molecule has 0 saturated carbocycles. The van der Waals surface area contributed by atoms with Crippen molar-refractivity contribution in [3.8, 4) is 5.75 Å². The molecule has 0 aliphatic heterocycles. The van der Waals surface area contributed by atoms with Gasteiger partial charge >= 0.3 is 0 Å². The van der Waals surface area contributed by atoms with Crippen LogP contribution in [0.15, 0.2) is 42.5 Å². The third kappa shape index (κ3) is 2.70. The largest absolute Gasteiger partial charge is 0.508 e. The quantitative estimate of drug-likeness (QED) is 0.899. The summed E-state index contributed by atoms with van der Waals surface area (Å²) in [6.07, 6.45) is 0. The van der Waals surface area contributed by atoms with Crippen molar-refractivity contribution in [1.82, 2.24) is 0 Å². The highest BCUT2D eigenvalue weighted by molar-refractivity contribution is 5.51. The molecule has 1 unspecified atom stereocenters. The maximum absolute atomic E-state index is 13.8. The van der Waals surface area contributed by atoms with Crippen LogP contribution >= 0.6 is 0 Å².